The summed E-state index contributed by atoms with van der Waals surface area (Å²) in [4.78, 5) is 15.3. The molecular formula is C26H47N3O3. The molecule has 0 saturated heterocycles. The Hall–Kier alpha value is -2.05. The first-order valence-electron chi connectivity index (χ1n) is 11.7. The van der Waals surface area contributed by atoms with Gasteiger partial charge in [0.1, 0.15) is 0 Å². The van der Waals surface area contributed by atoms with Gasteiger partial charge in [-0.1, -0.05) is 41.0 Å². The van der Waals surface area contributed by atoms with Crippen LogP contribution in [0.1, 0.15) is 96.9 Å². The molecule has 6 nitrogen and oxygen atoms in total. The zero-order valence-electron chi connectivity index (χ0n) is 21.7. The highest BCUT2D eigenvalue weighted by Gasteiger charge is 2.25. The molecule has 2 unspecified atom stereocenters. The van der Waals surface area contributed by atoms with Gasteiger partial charge in [-0.2, -0.15) is 5.10 Å². The number of ketones is 1. The van der Waals surface area contributed by atoms with E-state index in [4.69, 9.17) is 4.74 Å². The number of hydrogen-bond donors (Lipinski definition) is 2. The van der Waals surface area contributed by atoms with Gasteiger partial charge >= 0.3 is 0 Å². The summed E-state index contributed by atoms with van der Waals surface area (Å²) in [5.74, 6) is 1.08. The lowest BCUT2D eigenvalue weighted by atomic mass is 10.0. The molecule has 32 heavy (non-hydrogen) atoms. The van der Waals surface area contributed by atoms with Gasteiger partial charge in [0.15, 0.2) is 5.78 Å². The Bertz CT molecular complexity index is 678. The molecule has 1 aliphatic rings. The molecule has 0 aliphatic heterocycles. The van der Waals surface area contributed by atoms with Crippen LogP contribution in [0.5, 0.6) is 0 Å². The number of nitrogens with zero attached hydrogens (tertiary/aromatic N) is 2. The minimum absolute atomic E-state index is 0.106. The van der Waals surface area contributed by atoms with Gasteiger partial charge in [0.2, 0.25) is 0 Å². The molecule has 1 fully saturated rings. The first-order chi connectivity index (χ1) is 15.3. The maximum atomic E-state index is 11.2. The van der Waals surface area contributed by atoms with E-state index >= 15 is 0 Å². The number of aromatic amines is 1. The summed E-state index contributed by atoms with van der Waals surface area (Å²) in [6.45, 7) is 18.4. The first kappa shape index (κ1) is 32.1. The number of allylic oxidation sites excluding steroid dienone is 1. The third kappa shape index (κ3) is 12.7. The van der Waals surface area contributed by atoms with E-state index in [1.807, 2.05) is 19.9 Å². The average Bonchev–Trinajstić information content (AvgIpc) is 3.45. The normalized spacial score (nSPS) is 18.1. The fourth-order valence-electron chi connectivity index (χ4n) is 3.24. The molecule has 0 amide bonds. The van der Waals surface area contributed by atoms with Crippen molar-refractivity contribution in [2.75, 3.05) is 20.8 Å². The second kappa shape index (κ2) is 19.6. The smallest absolute Gasteiger partial charge is 0.155 e. The Morgan fingerprint density at radius 3 is 2.38 bits per heavy atom. The van der Waals surface area contributed by atoms with Crippen molar-refractivity contribution < 1.29 is 14.6 Å². The van der Waals surface area contributed by atoms with Gasteiger partial charge in [0.05, 0.1) is 24.1 Å². The zero-order valence-corrected chi connectivity index (χ0v) is 21.7. The fourth-order valence-corrected chi connectivity index (χ4v) is 3.24. The summed E-state index contributed by atoms with van der Waals surface area (Å²) in [5, 5.41) is 16.8. The van der Waals surface area contributed by atoms with Crippen LogP contribution in [0.25, 0.3) is 0 Å². The first-order valence-corrected chi connectivity index (χ1v) is 11.7. The number of aliphatic hydroxyl groups excluding tert-OH is 1. The van der Waals surface area contributed by atoms with E-state index in [1.54, 1.807) is 21.1 Å². The summed E-state index contributed by atoms with van der Waals surface area (Å²) in [6, 6.07) is 2.15. The Labute approximate surface area is 196 Å². The lowest BCUT2D eigenvalue weighted by Gasteiger charge is -2.04. The quantitative estimate of drug-likeness (QED) is 0.289. The van der Waals surface area contributed by atoms with Gasteiger partial charge in [0.25, 0.3) is 0 Å². The Morgan fingerprint density at radius 2 is 2.00 bits per heavy atom. The molecule has 0 aromatic carbocycles. The van der Waals surface area contributed by atoms with Crippen molar-refractivity contribution in [3.05, 3.63) is 42.3 Å². The standard InChI is InChI=1S/C11H18N2O.C11H19NO2.C2H6.C2H4/c1-7(2)10-6-11(13-12-10)8-3-4-9(14)5-8;1-5-6-10(9(2)13)7-11(12-3)8-14-4;2*1-2/h6-9,14H,3-5H2,1-2H3,(H,12,13);7H,5-6,8H2,1-4H3;1-2H3;1-2H2/b;10-7+,12-11?;;. The number of carbonyl (C=O) groups is 1. The summed E-state index contributed by atoms with van der Waals surface area (Å²) < 4.78 is 4.97. The third-order valence-electron chi connectivity index (χ3n) is 4.95. The highest BCUT2D eigenvalue weighted by molar-refractivity contribution is 6.04. The van der Waals surface area contributed by atoms with Crippen LogP contribution in [0.3, 0.4) is 0 Å². The van der Waals surface area contributed by atoms with E-state index in [9.17, 15) is 9.90 Å². The van der Waals surface area contributed by atoms with E-state index in [-0.39, 0.29) is 11.9 Å². The van der Waals surface area contributed by atoms with Crippen molar-refractivity contribution in [1.82, 2.24) is 10.2 Å². The molecule has 1 aromatic heterocycles. The average molecular weight is 450 g/mol. The minimum Gasteiger partial charge on any atom is -0.393 e. The number of H-pyrrole nitrogens is 1. The van der Waals surface area contributed by atoms with Crippen LogP contribution in [-0.2, 0) is 9.53 Å². The van der Waals surface area contributed by atoms with Crippen LogP contribution in [0, 0.1) is 0 Å². The second-order valence-electron chi connectivity index (χ2n) is 7.69. The number of aliphatic imine (C=N–C) groups is 1. The monoisotopic (exact) mass is 449 g/mol. The highest BCUT2D eigenvalue weighted by atomic mass is 16.5. The summed E-state index contributed by atoms with van der Waals surface area (Å²) in [5.41, 5.74) is 3.96. The summed E-state index contributed by atoms with van der Waals surface area (Å²) in [6.07, 6.45) is 6.40. The van der Waals surface area contributed by atoms with Crippen LogP contribution in [-0.4, -0.2) is 53.7 Å². The Morgan fingerprint density at radius 1 is 1.38 bits per heavy atom. The zero-order chi connectivity index (χ0) is 25.1. The van der Waals surface area contributed by atoms with Gasteiger partial charge in [-0.15, -0.1) is 13.2 Å². The number of methoxy groups -OCH3 is 1. The molecule has 0 radical (unpaired) electrons. The van der Waals surface area contributed by atoms with Crippen LogP contribution in [0.4, 0.5) is 0 Å². The number of ether oxygens (including phenoxy) is 1. The third-order valence-corrected chi connectivity index (χ3v) is 4.95. The number of rotatable bonds is 8. The van der Waals surface area contributed by atoms with Gasteiger partial charge in [-0.25, -0.2) is 0 Å². The molecule has 2 rings (SSSR count). The molecule has 1 aromatic rings. The van der Waals surface area contributed by atoms with Crippen molar-refractivity contribution in [2.24, 2.45) is 4.99 Å². The summed E-state index contributed by atoms with van der Waals surface area (Å²) in [7, 11) is 3.32. The van der Waals surface area contributed by atoms with E-state index in [2.05, 4.69) is 55.2 Å². The molecule has 1 aliphatic carbocycles. The number of aliphatic hydroxyl groups is 1. The van der Waals surface area contributed by atoms with Crippen molar-refractivity contribution in [3.8, 4) is 0 Å². The largest absolute Gasteiger partial charge is 0.393 e. The Kier molecular flexibility index (Phi) is 19.7. The lowest BCUT2D eigenvalue weighted by Crippen LogP contribution is -2.07. The molecule has 0 spiro atoms. The van der Waals surface area contributed by atoms with Crippen molar-refractivity contribution >= 4 is 11.5 Å². The predicted octanol–water partition coefficient (Wildman–Crippen LogP) is 6.01. The van der Waals surface area contributed by atoms with Crippen LogP contribution >= 0.6 is 0 Å². The lowest BCUT2D eigenvalue weighted by molar-refractivity contribution is -0.113. The van der Waals surface area contributed by atoms with E-state index in [1.165, 1.54) is 5.69 Å². The molecule has 2 N–H and O–H groups in total. The Balaban J connectivity index is 0. The molecule has 0 bridgehead atoms. The van der Waals surface area contributed by atoms with E-state index in [0.717, 1.165) is 49.1 Å². The molecular weight excluding hydrogens is 402 g/mol. The van der Waals surface area contributed by atoms with Gasteiger partial charge < -0.3 is 9.84 Å². The maximum Gasteiger partial charge on any atom is 0.155 e. The van der Waals surface area contributed by atoms with Crippen LogP contribution < -0.4 is 0 Å². The van der Waals surface area contributed by atoms with E-state index in [0.29, 0.717) is 18.4 Å². The number of nitrogens with one attached hydrogen (secondary N) is 1. The van der Waals surface area contributed by atoms with Gasteiger partial charge in [0, 0.05) is 25.8 Å². The van der Waals surface area contributed by atoms with Gasteiger partial charge in [-0.05, 0) is 56.2 Å². The fraction of sp³-hybridized carbons (Fsp3) is 0.654. The summed E-state index contributed by atoms with van der Waals surface area (Å²) >= 11 is 0. The number of Topliss-reactive ketones (excluding diaryl/α,β-unsaturated/α-hetero) is 1. The van der Waals surface area contributed by atoms with Gasteiger partial charge in [-0.3, -0.25) is 14.9 Å². The molecule has 184 valence electrons. The van der Waals surface area contributed by atoms with Crippen LogP contribution in [0.15, 0.2) is 35.9 Å². The molecule has 2 atom stereocenters. The van der Waals surface area contributed by atoms with Crippen LogP contribution in [0.2, 0.25) is 0 Å². The topological polar surface area (TPSA) is 87.6 Å². The van der Waals surface area contributed by atoms with E-state index < -0.39 is 0 Å². The van der Waals surface area contributed by atoms with Crippen molar-refractivity contribution in [2.45, 2.75) is 91.6 Å². The second-order valence-corrected chi connectivity index (χ2v) is 7.69. The number of hydrogen-bond acceptors (Lipinski definition) is 5. The van der Waals surface area contributed by atoms with Crippen molar-refractivity contribution in [1.29, 1.82) is 0 Å². The SMILES string of the molecule is C=C.CC.CC(C)c1cc(C2CCC(O)C2)[nH]n1.CCC/C(=C\C(COC)=NC)C(C)=O. The number of aromatic nitrogens is 2. The minimum atomic E-state index is -0.106. The molecule has 6 heteroatoms. The highest BCUT2D eigenvalue weighted by Crippen LogP contribution is 2.34. The molecule has 1 saturated carbocycles. The van der Waals surface area contributed by atoms with Crippen molar-refractivity contribution in [3.63, 3.8) is 0 Å². The maximum absolute atomic E-state index is 11.2. The molecule has 1 heterocycles. The predicted molar refractivity (Wildman–Crippen MR) is 137 cm³/mol. The number of carbonyl (C=O) groups excluding carboxylic acids is 1.